The summed E-state index contributed by atoms with van der Waals surface area (Å²) in [7, 11) is 1.53. The number of pyridine rings is 1. The van der Waals surface area contributed by atoms with Gasteiger partial charge in [-0.2, -0.15) is 0 Å². The van der Waals surface area contributed by atoms with Crippen LogP contribution in [0, 0.1) is 0 Å². The first-order valence-electron chi connectivity index (χ1n) is 5.03. The summed E-state index contributed by atoms with van der Waals surface area (Å²) >= 11 is 3.28. The van der Waals surface area contributed by atoms with E-state index in [0.29, 0.717) is 11.6 Å². The number of amides is 1. The number of hydrogen-bond acceptors (Lipinski definition) is 5. The number of rotatable bonds is 3. The van der Waals surface area contributed by atoms with Crippen molar-refractivity contribution in [2.24, 2.45) is 0 Å². The summed E-state index contributed by atoms with van der Waals surface area (Å²) in [6.45, 7) is 0. The number of aromatic nitrogens is 3. The zero-order chi connectivity index (χ0) is 13.0. The van der Waals surface area contributed by atoms with Gasteiger partial charge < -0.3 is 10.1 Å². The standard InChI is InChI=1S/C11H9BrN4O2/c1-13-11(17)9-2-3-10(16-15-9)18-8-4-7(12)5-14-6-8/h2-6H,1H3,(H,13,17). The Morgan fingerprint density at radius 1 is 1.33 bits per heavy atom. The van der Waals surface area contributed by atoms with Crippen LogP contribution in [0.25, 0.3) is 0 Å². The second-order valence-electron chi connectivity index (χ2n) is 3.28. The fourth-order valence-corrected chi connectivity index (χ4v) is 1.54. The van der Waals surface area contributed by atoms with E-state index < -0.39 is 0 Å². The van der Waals surface area contributed by atoms with Gasteiger partial charge in [-0.25, -0.2) is 0 Å². The second kappa shape index (κ2) is 5.54. The number of ether oxygens (including phenoxy) is 1. The zero-order valence-electron chi connectivity index (χ0n) is 9.42. The minimum atomic E-state index is -0.293. The fourth-order valence-electron chi connectivity index (χ4n) is 1.19. The van der Waals surface area contributed by atoms with Crippen molar-refractivity contribution in [2.75, 3.05) is 7.05 Å². The van der Waals surface area contributed by atoms with Crippen LogP contribution in [0.3, 0.4) is 0 Å². The lowest BCUT2D eigenvalue weighted by molar-refractivity contribution is 0.0957. The number of nitrogens with one attached hydrogen (secondary N) is 1. The molecule has 0 fully saturated rings. The molecule has 0 bridgehead atoms. The molecule has 18 heavy (non-hydrogen) atoms. The molecule has 0 radical (unpaired) electrons. The van der Waals surface area contributed by atoms with Crippen LogP contribution in [0.5, 0.6) is 11.6 Å². The Hall–Kier alpha value is -2.02. The monoisotopic (exact) mass is 308 g/mol. The number of carbonyl (C=O) groups excluding carboxylic acids is 1. The van der Waals surface area contributed by atoms with E-state index in [1.54, 1.807) is 24.5 Å². The first-order chi connectivity index (χ1) is 8.69. The highest BCUT2D eigenvalue weighted by atomic mass is 79.9. The van der Waals surface area contributed by atoms with Gasteiger partial charge in [0, 0.05) is 23.8 Å². The third-order valence-corrected chi connectivity index (χ3v) is 2.44. The molecule has 0 aliphatic rings. The average molecular weight is 309 g/mol. The van der Waals surface area contributed by atoms with Crippen LogP contribution in [0.4, 0.5) is 0 Å². The summed E-state index contributed by atoms with van der Waals surface area (Å²) in [6, 6.07) is 4.85. The molecule has 1 N–H and O–H groups in total. The summed E-state index contributed by atoms with van der Waals surface area (Å²) in [5, 5.41) is 10.0. The SMILES string of the molecule is CNC(=O)c1ccc(Oc2cncc(Br)c2)nn1. The van der Waals surface area contributed by atoms with Crippen LogP contribution in [0.1, 0.15) is 10.5 Å². The van der Waals surface area contributed by atoms with E-state index >= 15 is 0 Å². The van der Waals surface area contributed by atoms with Crippen LogP contribution in [-0.2, 0) is 0 Å². The van der Waals surface area contributed by atoms with Gasteiger partial charge in [0.05, 0.1) is 6.20 Å². The highest BCUT2D eigenvalue weighted by Gasteiger charge is 2.06. The fraction of sp³-hybridized carbons (Fsp3) is 0.0909. The third kappa shape index (κ3) is 3.01. The smallest absolute Gasteiger partial charge is 0.271 e. The maximum atomic E-state index is 11.3. The molecule has 2 aromatic heterocycles. The van der Waals surface area contributed by atoms with Gasteiger partial charge in [-0.3, -0.25) is 9.78 Å². The van der Waals surface area contributed by atoms with Crippen molar-refractivity contribution < 1.29 is 9.53 Å². The van der Waals surface area contributed by atoms with Gasteiger partial charge in [-0.1, -0.05) is 0 Å². The van der Waals surface area contributed by atoms with E-state index in [-0.39, 0.29) is 11.6 Å². The molecule has 0 aromatic carbocycles. The number of hydrogen-bond donors (Lipinski definition) is 1. The molecule has 0 aliphatic heterocycles. The Morgan fingerprint density at radius 2 is 2.17 bits per heavy atom. The van der Waals surface area contributed by atoms with Crippen molar-refractivity contribution in [3.63, 3.8) is 0 Å². The Morgan fingerprint density at radius 3 is 2.78 bits per heavy atom. The molecule has 0 saturated carbocycles. The van der Waals surface area contributed by atoms with Gasteiger partial charge in [0.15, 0.2) is 5.69 Å². The highest BCUT2D eigenvalue weighted by Crippen LogP contribution is 2.21. The van der Waals surface area contributed by atoms with E-state index in [4.69, 9.17) is 4.74 Å². The first-order valence-corrected chi connectivity index (χ1v) is 5.82. The van der Waals surface area contributed by atoms with E-state index in [9.17, 15) is 4.79 Å². The van der Waals surface area contributed by atoms with Crippen molar-refractivity contribution in [1.29, 1.82) is 0 Å². The van der Waals surface area contributed by atoms with Gasteiger partial charge in [0.25, 0.3) is 5.91 Å². The highest BCUT2D eigenvalue weighted by molar-refractivity contribution is 9.10. The Balaban J connectivity index is 2.13. The van der Waals surface area contributed by atoms with E-state index in [1.807, 2.05) is 0 Å². The largest absolute Gasteiger partial charge is 0.436 e. The molecular weight excluding hydrogens is 300 g/mol. The minimum Gasteiger partial charge on any atom is -0.436 e. The van der Waals surface area contributed by atoms with E-state index in [2.05, 4.69) is 36.4 Å². The predicted octanol–water partition coefficient (Wildman–Crippen LogP) is 1.79. The maximum absolute atomic E-state index is 11.3. The lowest BCUT2D eigenvalue weighted by atomic mass is 10.4. The van der Waals surface area contributed by atoms with E-state index in [1.165, 1.54) is 13.1 Å². The molecule has 92 valence electrons. The first kappa shape index (κ1) is 12.4. The molecule has 0 unspecified atom stereocenters. The molecule has 0 atom stereocenters. The molecule has 0 spiro atoms. The van der Waals surface area contributed by atoms with Crippen molar-refractivity contribution in [1.82, 2.24) is 20.5 Å². The van der Waals surface area contributed by atoms with Crippen LogP contribution in [0.2, 0.25) is 0 Å². The molecule has 0 aliphatic carbocycles. The van der Waals surface area contributed by atoms with Crippen LogP contribution < -0.4 is 10.1 Å². The lowest BCUT2D eigenvalue weighted by Crippen LogP contribution is -2.19. The van der Waals surface area contributed by atoms with Crippen LogP contribution in [-0.4, -0.2) is 28.1 Å². The summed E-state index contributed by atoms with van der Waals surface area (Å²) in [6.07, 6.45) is 3.20. The zero-order valence-corrected chi connectivity index (χ0v) is 11.0. The summed E-state index contributed by atoms with van der Waals surface area (Å²) in [5.41, 5.74) is 0.234. The summed E-state index contributed by atoms with van der Waals surface area (Å²) in [5.74, 6) is 0.534. The summed E-state index contributed by atoms with van der Waals surface area (Å²) < 4.78 is 6.23. The maximum Gasteiger partial charge on any atom is 0.271 e. The predicted molar refractivity (Wildman–Crippen MR) is 67.4 cm³/mol. The molecule has 7 heteroatoms. The molecule has 6 nitrogen and oxygen atoms in total. The molecular formula is C11H9BrN4O2. The average Bonchev–Trinajstić information content (AvgIpc) is 2.39. The Bertz CT molecular complexity index is 559. The van der Waals surface area contributed by atoms with Gasteiger partial charge >= 0.3 is 0 Å². The van der Waals surface area contributed by atoms with Crippen molar-refractivity contribution >= 4 is 21.8 Å². The van der Waals surface area contributed by atoms with Crippen molar-refractivity contribution in [2.45, 2.75) is 0 Å². The molecule has 2 aromatic rings. The van der Waals surface area contributed by atoms with Crippen molar-refractivity contribution in [3.05, 3.63) is 40.8 Å². The summed E-state index contributed by atoms with van der Waals surface area (Å²) in [4.78, 5) is 15.2. The van der Waals surface area contributed by atoms with Crippen LogP contribution >= 0.6 is 15.9 Å². The molecule has 2 heterocycles. The molecule has 0 saturated heterocycles. The third-order valence-electron chi connectivity index (χ3n) is 2.00. The number of halogens is 1. The topological polar surface area (TPSA) is 77.0 Å². The Labute approximate surface area is 112 Å². The van der Waals surface area contributed by atoms with Crippen molar-refractivity contribution in [3.8, 4) is 11.6 Å². The van der Waals surface area contributed by atoms with Gasteiger partial charge in [0.1, 0.15) is 5.75 Å². The van der Waals surface area contributed by atoms with Crippen LogP contribution in [0.15, 0.2) is 35.1 Å². The quantitative estimate of drug-likeness (QED) is 0.935. The van der Waals surface area contributed by atoms with Gasteiger partial charge in [-0.15, -0.1) is 10.2 Å². The number of nitrogens with zero attached hydrogens (tertiary/aromatic N) is 3. The normalized spacial score (nSPS) is 9.89. The lowest BCUT2D eigenvalue weighted by Gasteiger charge is -2.04. The van der Waals surface area contributed by atoms with Gasteiger partial charge in [-0.05, 0) is 28.1 Å². The second-order valence-corrected chi connectivity index (χ2v) is 4.19. The number of carbonyl (C=O) groups is 1. The minimum absolute atomic E-state index is 0.234. The molecule has 1 amide bonds. The Kier molecular flexibility index (Phi) is 3.83. The molecule has 2 rings (SSSR count). The van der Waals surface area contributed by atoms with E-state index in [0.717, 1.165) is 4.47 Å². The van der Waals surface area contributed by atoms with Gasteiger partial charge in [0.2, 0.25) is 5.88 Å².